The van der Waals surface area contributed by atoms with E-state index < -0.39 is 19.7 Å². The van der Waals surface area contributed by atoms with Gasteiger partial charge in [0.2, 0.25) is 0 Å². The number of carbonyl (C=O) groups excluding carboxylic acids is 1. The van der Waals surface area contributed by atoms with E-state index >= 15 is 0 Å². The minimum absolute atomic E-state index is 0. The van der Waals surface area contributed by atoms with Crippen molar-refractivity contribution in [2.45, 2.75) is 89.4 Å². The fourth-order valence-electron chi connectivity index (χ4n) is 9.26. The Hall–Kier alpha value is -4.94. The number of halogens is 1. The van der Waals surface area contributed by atoms with Crippen LogP contribution in [0.2, 0.25) is 0 Å². The van der Waals surface area contributed by atoms with Crippen molar-refractivity contribution in [1.82, 2.24) is 39.3 Å². The lowest BCUT2D eigenvalue weighted by molar-refractivity contribution is -0.114. The second-order valence-corrected chi connectivity index (χ2v) is 23.3. The Morgan fingerprint density at radius 1 is 0.727 bits per heavy atom. The number of hydrogen-bond donors (Lipinski definition) is 3. The van der Waals surface area contributed by atoms with Crippen molar-refractivity contribution in [3.05, 3.63) is 84.7 Å². The number of aldehydes is 1. The van der Waals surface area contributed by atoms with E-state index in [1.807, 2.05) is 48.7 Å². The van der Waals surface area contributed by atoms with Gasteiger partial charge in [-0.05, 0) is 106 Å². The largest absolute Gasteiger partial charge is 0.383 e. The molecule has 2 aliphatic carbocycles. The summed E-state index contributed by atoms with van der Waals surface area (Å²) in [5.74, 6) is 1.98. The maximum atomic E-state index is 11.6. The summed E-state index contributed by atoms with van der Waals surface area (Å²) >= 11 is 0. The van der Waals surface area contributed by atoms with Gasteiger partial charge in [-0.1, -0.05) is 48.5 Å². The third kappa shape index (κ3) is 11.4. The van der Waals surface area contributed by atoms with Crippen molar-refractivity contribution in [2.75, 3.05) is 55.1 Å². The molecule has 354 valence electrons. The zero-order chi connectivity index (χ0) is 46.0. The van der Waals surface area contributed by atoms with E-state index in [1.54, 1.807) is 6.33 Å². The summed E-state index contributed by atoms with van der Waals surface area (Å²) in [4.78, 5) is 31.0. The maximum absolute atomic E-state index is 11.6. The Morgan fingerprint density at radius 3 is 1.58 bits per heavy atom. The van der Waals surface area contributed by atoms with Gasteiger partial charge in [-0.3, -0.25) is 0 Å². The second-order valence-electron chi connectivity index (χ2n) is 18.8. The van der Waals surface area contributed by atoms with Gasteiger partial charge in [-0.15, -0.1) is 12.4 Å². The van der Waals surface area contributed by atoms with Gasteiger partial charge in [-0.2, -0.15) is 0 Å². The van der Waals surface area contributed by atoms with Crippen molar-refractivity contribution in [1.29, 1.82) is 0 Å². The van der Waals surface area contributed by atoms with Crippen LogP contribution < -0.4 is 16.8 Å². The van der Waals surface area contributed by atoms with Gasteiger partial charge in [0.05, 0.1) is 22.3 Å². The maximum Gasteiger partial charge on any atom is 0.147 e. The van der Waals surface area contributed by atoms with Crippen LogP contribution in [0.5, 0.6) is 0 Å². The molecule has 6 heterocycles. The predicted octanol–water partition coefficient (Wildman–Crippen LogP) is 6.52. The second kappa shape index (κ2) is 20.5. The zero-order valence-corrected chi connectivity index (χ0v) is 40.7. The third-order valence-corrected chi connectivity index (χ3v) is 15.5. The molecule has 0 spiro atoms. The normalized spacial score (nSPS) is 22.5. The lowest BCUT2D eigenvalue weighted by Crippen LogP contribution is -2.49. The van der Waals surface area contributed by atoms with Crippen molar-refractivity contribution in [2.24, 2.45) is 11.8 Å². The molecule has 4 aliphatic rings. The van der Waals surface area contributed by atoms with Crippen LogP contribution in [0.4, 0.5) is 11.6 Å². The molecule has 2 aliphatic heterocycles. The Bertz CT molecular complexity index is 2890. The summed E-state index contributed by atoms with van der Waals surface area (Å²) in [7, 11) is -6.03. The van der Waals surface area contributed by atoms with Crippen molar-refractivity contribution >= 4 is 72.1 Å². The third-order valence-electron chi connectivity index (χ3n) is 13.6. The first-order chi connectivity index (χ1) is 31.0. The number of anilines is 2. The van der Waals surface area contributed by atoms with E-state index in [0.717, 1.165) is 105 Å². The molecule has 2 saturated carbocycles. The molecule has 4 fully saturated rings. The Labute approximate surface area is 394 Å². The van der Waals surface area contributed by atoms with Crippen LogP contribution in [-0.4, -0.2) is 113 Å². The standard InChI is InChI=1S/C24H31N5O2S.C20H22N4O3S.C4H9N.ClH/c1-16-6-8-28(16)13-18-11-20(12-18)29-14-21(22-23(25)26-15-27-24(22)29)19-5-3-4-17(10-19)7-9-32(2,30)31;1-28(26,27)6-5-13-3-2-4-15(7-13)17-10-24(16-8-14(9-16)11-25)20-18(17)19(21)22-12-23-20;1-4-2-3-5-4;/h3-5,10,14-16,18,20H,6-9,11-13H2,1-2H3,(H2,25,26,27);2-4,7,10-12,14,16H,5-6,8-9H2,1H3,(H2,21,22,23);4-5H,2-3H2,1H3;1H/t16-,18?,20?;;4-;/m1.1./s1. The number of nitrogens with two attached hydrogens (primary N) is 2. The average molecular weight is 960 g/mol. The summed E-state index contributed by atoms with van der Waals surface area (Å²) in [6.45, 7) is 8.18. The fraction of sp³-hybridized carbons (Fsp3) is 0.479. The zero-order valence-electron chi connectivity index (χ0n) is 38.2. The molecular formula is C48H63ClN10O5S2. The van der Waals surface area contributed by atoms with Crippen LogP contribution in [0.1, 0.15) is 75.6 Å². The summed E-state index contributed by atoms with van der Waals surface area (Å²) in [5.41, 5.74) is 20.0. The predicted molar refractivity (Wildman–Crippen MR) is 266 cm³/mol. The number of nitrogens with one attached hydrogen (secondary N) is 1. The molecule has 4 aromatic heterocycles. The fourth-order valence-corrected chi connectivity index (χ4v) is 10.5. The quantitative estimate of drug-likeness (QED) is 0.105. The number of aromatic nitrogens is 6. The summed E-state index contributed by atoms with van der Waals surface area (Å²) in [6.07, 6.45) is 18.3. The Balaban J connectivity index is 0.000000176. The SMILES string of the molecule is CS(=O)(=O)CCc1cccc(-c2cn(C3CC(C=O)C3)c3ncnc(N)c23)c1.C[C@@H]1CCN1.C[C@@H]1CCN1CC1CC(n2cc(-c3cccc(CCS(C)(=O)=O)c3)c3c(N)ncnc32)C1.Cl. The van der Waals surface area contributed by atoms with Gasteiger partial charge < -0.3 is 35.6 Å². The number of rotatable bonds is 13. The van der Waals surface area contributed by atoms with E-state index in [2.05, 4.69) is 65.4 Å². The molecule has 15 nitrogen and oxygen atoms in total. The first-order valence-electron chi connectivity index (χ1n) is 22.7. The molecule has 2 saturated heterocycles. The van der Waals surface area contributed by atoms with Gasteiger partial charge in [0.1, 0.15) is 61.5 Å². The first kappa shape index (κ1) is 49.0. The van der Waals surface area contributed by atoms with Gasteiger partial charge in [-0.25, -0.2) is 36.8 Å². The van der Waals surface area contributed by atoms with Crippen molar-refractivity contribution in [3.8, 4) is 22.3 Å². The number of sulfone groups is 2. The number of nitrogen functional groups attached to an aromatic ring is 2. The molecule has 0 bridgehead atoms. The van der Waals surface area contributed by atoms with Crippen LogP contribution in [0.15, 0.2) is 73.6 Å². The van der Waals surface area contributed by atoms with Gasteiger partial charge in [0.15, 0.2) is 0 Å². The van der Waals surface area contributed by atoms with Crippen LogP contribution in [0, 0.1) is 11.8 Å². The van der Waals surface area contributed by atoms with Crippen LogP contribution in [0.25, 0.3) is 44.3 Å². The van der Waals surface area contributed by atoms with E-state index in [9.17, 15) is 21.6 Å². The average Bonchev–Trinajstić information content (AvgIpc) is 3.81. The number of carbonyl (C=O) groups is 1. The molecule has 5 N–H and O–H groups in total. The molecule has 0 radical (unpaired) electrons. The molecule has 10 rings (SSSR count). The first-order valence-corrected chi connectivity index (χ1v) is 26.8. The lowest BCUT2D eigenvalue weighted by Gasteiger charge is -2.45. The van der Waals surface area contributed by atoms with E-state index in [-0.39, 0.29) is 35.9 Å². The molecule has 2 atom stereocenters. The smallest absolute Gasteiger partial charge is 0.147 e. The van der Waals surface area contributed by atoms with Crippen LogP contribution in [0.3, 0.4) is 0 Å². The number of nitrogens with zero attached hydrogens (tertiary/aromatic N) is 7. The van der Waals surface area contributed by atoms with Gasteiger partial charge in [0, 0.05) is 72.7 Å². The molecule has 6 aromatic rings. The number of likely N-dealkylation sites (tertiary alicyclic amines) is 1. The Kier molecular flexibility index (Phi) is 15.2. The summed E-state index contributed by atoms with van der Waals surface area (Å²) in [5, 5.41) is 4.88. The highest BCUT2D eigenvalue weighted by Gasteiger charge is 2.36. The lowest BCUT2D eigenvalue weighted by atomic mass is 9.79. The van der Waals surface area contributed by atoms with Gasteiger partial charge in [0.25, 0.3) is 0 Å². The van der Waals surface area contributed by atoms with Crippen molar-refractivity contribution < 1.29 is 21.6 Å². The highest BCUT2D eigenvalue weighted by atomic mass is 35.5. The summed E-state index contributed by atoms with van der Waals surface area (Å²) < 4.78 is 50.5. The van der Waals surface area contributed by atoms with Crippen LogP contribution in [-0.2, 0) is 37.3 Å². The van der Waals surface area contributed by atoms with Crippen molar-refractivity contribution in [3.63, 3.8) is 0 Å². The molecule has 0 amide bonds. The molecular weight excluding hydrogens is 896 g/mol. The minimum atomic E-state index is -3.02. The monoisotopic (exact) mass is 958 g/mol. The van der Waals surface area contributed by atoms with E-state index in [0.29, 0.717) is 30.5 Å². The van der Waals surface area contributed by atoms with Crippen LogP contribution >= 0.6 is 12.4 Å². The molecule has 0 unspecified atom stereocenters. The number of benzene rings is 2. The number of aryl methyl sites for hydroxylation is 2. The van der Waals surface area contributed by atoms with Gasteiger partial charge >= 0.3 is 0 Å². The highest BCUT2D eigenvalue weighted by molar-refractivity contribution is 7.90. The number of hydrogen-bond acceptors (Lipinski definition) is 13. The molecule has 66 heavy (non-hydrogen) atoms. The topological polar surface area (TPSA) is 214 Å². The summed E-state index contributed by atoms with van der Waals surface area (Å²) in [6, 6.07) is 18.1. The Morgan fingerprint density at radius 2 is 1.20 bits per heavy atom. The van der Waals surface area contributed by atoms with E-state index in [1.165, 1.54) is 51.3 Å². The molecule has 18 heteroatoms. The number of fused-ring (bicyclic) bond motifs is 2. The highest BCUT2D eigenvalue weighted by Crippen LogP contribution is 2.45. The minimum Gasteiger partial charge on any atom is -0.383 e. The van der Waals surface area contributed by atoms with E-state index in [4.69, 9.17) is 11.5 Å². The molecule has 2 aromatic carbocycles.